The molecular formula is C12H20N2O2. The first-order valence-electron chi connectivity index (χ1n) is 5.77. The molecule has 1 heterocycles. The number of ketones is 1. The van der Waals surface area contributed by atoms with Crippen LogP contribution in [0.15, 0.2) is 12.4 Å². The van der Waals surface area contributed by atoms with Gasteiger partial charge in [-0.05, 0) is 19.8 Å². The molecule has 0 atom stereocenters. The van der Waals surface area contributed by atoms with Crippen molar-refractivity contribution in [1.29, 1.82) is 0 Å². The normalized spacial score (nSPS) is 11.8. The molecule has 0 aliphatic heterocycles. The van der Waals surface area contributed by atoms with E-state index in [0.29, 0.717) is 25.3 Å². The van der Waals surface area contributed by atoms with Crippen LogP contribution in [0.4, 0.5) is 0 Å². The summed E-state index contributed by atoms with van der Waals surface area (Å²) < 4.78 is 7.40. The maximum atomic E-state index is 12.4. The quantitative estimate of drug-likeness (QED) is 0.696. The van der Waals surface area contributed by atoms with Crippen LogP contribution in [0, 0.1) is 0 Å². The molecule has 0 aliphatic carbocycles. The molecule has 0 bridgehead atoms. The molecule has 0 aromatic carbocycles. The molecular weight excluding hydrogens is 204 g/mol. The van der Waals surface area contributed by atoms with E-state index in [2.05, 4.69) is 4.98 Å². The second kappa shape index (κ2) is 5.25. The van der Waals surface area contributed by atoms with E-state index in [0.717, 1.165) is 0 Å². The molecule has 16 heavy (non-hydrogen) atoms. The van der Waals surface area contributed by atoms with E-state index in [4.69, 9.17) is 4.74 Å². The average Bonchev–Trinajstić information content (AvgIpc) is 2.71. The highest BCUT2D eigenvalue weighted by molar-refractivity contribution is 5.99. The van der Waals surface area contributed by atoms with Gasteiger partial charge in [0.05, 0.1) is 0 Å². The summed E-state index contributed by atoms with van der Waals surface area (Å²) in [5, 5.41) is 0. The van der Waals surface area contributed by atoms with Gasteiger partial charge < -0.3 is 9.30 Å². The summed E-state index contributed by atoms with van der Waals surface area (Å²) in [4.78, 5) is 16.5. The highest BCUT2D eigenvalue weighted by atomic mass is 16.5. The Morgan fingerprint density at radius 2 is 2.06 bits per heavy atom. The van der Waals surface area contributed by atoms with E-state index in [9.17, 15) is 4.79 Å². The molecule has 0 spiro atoms. The van der Waals surface area contributed by atoms with Gasteiger partial charge in [0.15, 0.2) is 5.82 Å². The molecule has 4 nitrogen and oxygen atoms in total. The van der Waals surface area contributed by atoms with Gasteiger partial charge in [-0.2, -0.15) is 0 Å². The van der Waals surface area contributed by atoms with E-state index >= 15 is 0 Å². The molecule has 1 rings (SSSR count). The zero-order valence-corrected chi connectivity index (χ0v) is 10.5. The maximum Gasteiger partial charge on any atom is 0.229 e. The minimum atomic E-state index is -0.714. The van der Waals surface area contributed by atoms with Crippen LogP contribution in [0.1, 0.15) is 44.2 Å². The molecule has 0 fully saturated rings. The van der Waals surface area contributed by atoms with Crippen molar-refractivity contribution in [3.05, 3.63) is 18.2 Å². The number of Topliss-reactive ketones (excluding diaryl/α,β-unsaturated/α-hetero) is 1. The van der Waals surface area contributed by atoms with Crippen molar-refractivity contribution >= 4 is 5.78 Å². The van der Waals surface area contributed by atoms with Crippen LogP contribution in [-0.2, 0) is 11.8 Å². The summed E-state index contributed by atoms with van der Waals surface area (Å²) in [5.74, 6) is 0.448. The topological polar surface area (TPSA) is 44.1 Å². The average molecular weight is 224 g/mol. The van der Waals surface area contributed by atoms with Gasteiger partial charge in [-0.3, -0.25) is 4.79 Å². The Bertz CT molecular complexity index is 354. The fourth-order valence-electron chi connectivity index (χ4n) is 1.91. The molecule has 1 aromatic rings. The molecule has 0 unspecified atom stereocenters. The Morgan fingerprint density at radius 1 is 1.44 bits per heavy atom. The SMILES string of the molecule is CCOC(CC)(CC)C(=O)c1nccn1C. The van der Waals surface area contributed by atoms with Gasteiger partial charge >= 0.3 is 0 Å². The standard InChI is InChI=1S/C12H20N2O2/c1-5-12(6-2,16-7-3)10(15)11-13-8-9-14(11)4/h8-9H,5-7H2,1-4H3. The van der Waals surface area contributed by atoms with Crippen LogP contribution < -0.4 is 0 Å². The van der Waals surface area contributed by atoms with Crippen LogP contribution in [0.5, 0.6) is 0 Å². The second-order valence-corrected chi connectivity index (χ2v) is 3.83. The van der Waals surface area contributed by atoms with Crippen molar-refractivity contribution in [2.45, 2.75) is 39.2 Å². The number of ether oxygens (including phenoxy) is 1. The van der Waals surface area contributed by atoms with Crippen molar-refractivity contribution in [1.82, 2.24) is 9.55 Å². The lowest BCUT2D eigenvalue weighted by molar-refractivity contribution is -0.0259. The van der Waals surface area contributed by atoms with E-state index in [1.54, 1.807) is 17.0 Å². The predicted octanol–water partition coefficient (Wildman–Crippen LogP) is 2.20. The Morgan fingerprint density at radius 3 is 2.44 bits per heavy atom. The molecule has 0 aliphatic rings. The molecule has 0 saturated heterocycles. The molecule has 4 heteroatoms. The fourth-order valence-corrected chi connectivity index (χ4v) is 1.91. The highest BCUT2D eigenvalue weighted by Crippen LogP contribution is 2.24. The Balaban J connectivity index is 3.04. The third-order valence-corrected chi connectivity index (χ3v) is 3.00. The van der Waals surface area contributed by atoms with Gasteiger partial charge in [0, 0.05) is 26.0 Å². The number of imidazole rings is 1. The number of rotatable bonds is 6. The van der Waals surface area contributed by atoms with Crippen molar-refractivity contribution in [3.63, 3.8) is 0 Å². The van der Waals surface area contributed by atoms with Crippen molar-refractivity contribution in [2.24, 2.45) is 7.05 Å². The van der Waals surface area contributed by atoms with E-state index in [-0.39, 0.29) is 5.78 Å². The summed E-state index contributed by atoms with van der Waals surface area (Å²) in [6, 6.07) is 0. The minimum absolute atomic E-state index is 0.0214. The van der Waals surface area contributed by atoms with E-state index < -0.39 is 5.60 Å². The molecule has 0 radical (unpaired) electrons. The number of hydrogen-bond acceptors (Lipinski definition) is 3. The Kier molecular flexibility index (Phi) is 4.24. The molecule has 0 saturated carbocycles. The number of aromatic nitrogens is 2. The van der Waals surface area contributed by atoms with Gasteiger partial charge in [-0.15, -0.1) is 0 Å². The predicted molar refractivity (Wildman–Crippen MR) is 62.5 cm³/mol. The molecule has 90 valence electrons. The summed E-state index contributed by atoms with van der Waals surface area (Å²) in [5.41, 5.74) is -0.714. The van der Waals surface area contributed by atoms with Crippen molar-refractivity contribution in [2.75, 3.05) is 6.61 Å². The van der Waals surface area contributed by atoms with Gasteiger partial charge in [0.1, 0.15) is 5.60 Å². The first-order valence-corrected chi connectivity index (χ1v) is 5.77. The van der Waals surface area contributed by atoms with Crippen LogP contribution in [-0.4, -0.2) is 27.5 Å². The third kappa shape index (κ3) is 2.16. The monoisotopic (exact) mass is 224 g/mol. The number of nitrogens with zero attached hydrogens (tertiary/aromatic N) is 2. The lowest BCUT2D eigenvalue weighted by atomic mass is 9.91. The van der Waals surface area contributed by atoms with Crippen LogP contribution >= 0.6 is 0 Å². The first-order chi connectivity index (χ1) is 7.61. The molecule has 0 amide bonds. The fraction of sp³-hybridized carbons (Fsp3) is 0.667. The summed E-state index contributed by atoms with van der Waals surface area (Å²) in [6.45, 7) is 6.39. The summed E-state index contributed by atoms with van der Waals surface area (Å²) in [7, 11) is 1.82. The van der Waals surface area contributed by atoms with Crippen molar-refractivity contribution in [3.8, 4) is 0 Å². The van der Waals surface area contributed by atoms with Gasteiger partial charge in [-0.1, -0.05) is 13.8 Å². The summed E-state index contributed by atoms with van der Waals surface area (Å²) in [6.07, 6.45) is 4.75. The zero-order chi connectivity index (χ0) is 12.2. The number of carbonyl (C=O) groups excluding carboxylic acids is 1. The van der Waals surface area contributed by atoms with Crippen LogP contribution in [0.3, 0.4) is 0 Å². The number of hydrogen-bond donors (Lipinski definition) is 0. The van der Waals surface area contributed by atoms with E-state index in [1.807, 2.05) is 27.8 Å². The lowest BCUT2D eigenvalue weighted by Gasteiger charge is -2.29. The van der Waals surface area contributed by atoms with Gasteiger partial charge in [0.25, 0.3) is 0 Å². The largest absolute Gasteiger partial charge is 0.367 e. The van der Waals surface area contributed by atoms with Gasteiger partial charge in [0.2, 0.25) is 5.78 Å². The number of aryl methyl sites for hydroxylation is 1. The van der Waals surface area contributed by atoms with Crippen LogP contribution in [0.2, 0.25) is 0 Å². The third-order valence-electron chi connectivity index (χ3n) is 3.00. The van der Waals surface area contributed by atoms with Crippen molar-refractivity contribution < 1.29 is 9.53 Å². The first kappa shape index (κ1) is 12.9. The lowest BCUT2D eigenvalue weighted by Crippen LogP contribution is -2.41. The molecule has 1 aromatic heterocycles. The Labute approximate surface area is 96.6 Å². The van der Waals surface area contributed by atoms with Gasteiger partial charge in [-0.25, -0.2) is 4.98 Å². The van der Waals surface area contributed by atoms with Crippen LogP contribution in [0.25, 0.3) is 0 Å². The highest BCUT2D eigenvalue weighted by Gasteiger charge is 2.38. The minimum Gasteiger partial charge on any atom is -0.367 e. The zero-order valence-electron chi connectivity index (χ0n) is 10.5. The van der Waals surface area contributed by atoms with E-state index in [1.165, 1.54) is 0 Å². The molecule has 0 N–H and O–H groups in total. The second-order valence-electron chi connectivity index (χ2n) is 3.83. The maximum absolute atomic E-state index is 12.4. The Hall–Kier alpha value is -1.16. The number of carbonyl (C=O) groups is 1. The summed E-state index contributed by atoms with van der Waals surface area (Å²) >= 11 is 0. The smallest absolute Gasteiger partial charge is 0.229 e.